The molecule has 0 atom stereocenters. The summed E-state index contributed by atoms with van der Waals surface area (Å²) >= 11 is 0. The number of alkyl halides is 3. The van der Waals surface area contributed by atoms with Crippen LogP contribution in [-0.2, 0) is 25.9 Å². The number of hydrogen-bond donors (Lipinski definition) is 1. The fourth-order valence-electron chi connectivity index (χ4n) is 3.39. The Balaban J connectivity index is 1.67. The second kappa shape index (κ2) is 6.42. The molecule has 0 amide bonds. The molecule has 0 bridgehead atoms. The first-order valence-electron chi connectivity index (χ1n) is 8.56. The van der Waals surface area contributed by atoms with Crippen LogP contribution in [0.5, 0.6) is 0 Å². The van der Waals surface area contributed by atoms with Crippen molar-refractivity contribution in [3.05, 3.63) is 29.2 Å². The Labute approximate surface area is 148 Å². The van der Waals surface area contributed by atoms with E-state index in [1.807, 2.05) is 0 Å². The number of hydrogen-bond acceptors (Lipinski definition) is 6. The number of fused-ring (bicyclic) bond motifs is 1. The highest BCUT2D eigenvalue weighted by Crippen LogP contribution is 2.32. The standard InChI is InChI=1S/C16H19F3N6O/c17-16(18,19)13-8-14(21-15(20-13)23-3-1-2-4-23)24-5-6-25-12(9-24)7-11(10-26)22-25/h7-8,26H,1-6,9-10H2. The van der Waals surface area contributed by atoms with Crippen molar-refractivity contribution in [2.45, 2.75) is 38.7 Å². The summed E-state index contributed by atoms with van der Waals surface area (Å²) < 4.78 is 41.7. The SMILES string of the molecule is OCc1cc2n(n1)CCN(c1cc(C(F)(F)F)nc(N3CCCC3)n1)C2. The molecule has 0 saturated carbocycles. The molecule has 0 radical (unpaired) electrons. The highest BCUT2D eigenvalue weighted by atomic mass is 19.4. The lowest BCUT2D eigenvalue weighted by atomic mass is 10.2. The molecule has 2 aliphatic rings. The van der Waals surface area contributed by atoms with Gasteiger partial charge in [0, 0.05) is 25.7 Å². The van der Waals surface area contributed by atoms with Gasteiger partial charge in [-0.2, -0.15) is 23.3 Å². The normalized spacial score (nSPS) is 17.7. The van der Waals surface area contributed by atoms with Crippen molar-refractivity contribution in [1.82, 2.24) is 19.7 Å². The molecule has 4 heterocycles. The quantitative estimate of drug-likeness (QED) is 0.891. The van der Waals surface area contributed by atoms with E-state index in [0.717, 1.165) is 24.6 Å². The molecule has 0 unspecified atom stereocenters. The summed E-state index contributed by atoms with van der Waals surface area (Å²) in [5.41, 5.74) is 0.480. The van der Waals surface area contributed by atoms with E-state index in [0.29, 0.717) is 38.4 Å². The molecule has 1 fully saturated rings. The van der Waals surface area contributed by atoms with Gasteiger partial charge in [-0.25, -0.2) is 4.98 Å². The van der Waals surface area contributed by atoms with Gasteiger partial charge in [-0.05, 0) is 18.9 Å². The van der Waals surface area contributed by atoms with Crippen LogP contribution in [0.1, 0.15) is 29.9 Å². The Kier molecular flexibility index (Phi) is 4.22. The van der Waals surface area contributed by atoms with Crippen molar-refractivity contribution in [2.24, 2.45) is 0 Å². The minimum absolute atomic E-state index is 0.141. The fourth-order valence-corrected chi connectivity index (χ4v) is 3.39. The Morgan fingerprint density at radius 1 is 1.00 bits per heavy atom. The first kappa shape index (κ1) is 17.1. The molecule has 2 aromatic heterocycles. The van der Waals surface area contributed by atoms with Gasteiger partial charge in [-0.15, -0.1) is 0 Å². The molecule has 0 spiro atoms. The summed E-state index contributed by atoms with van der Waals surface area (Å²) in [5.74, 6) is 0.412. The molecule has 0 aromatic carbocycles. The summed E-state index contributed by atoms with van der Waals surface area (Å²) in [6.45, 7) is 2.60. The first-order chi connectivity index (χ1) is 12.4. The van der Waals surface area contributed by atoms with E-state index < -0.39 is 11.9 Å². The molecule has 1 N–H and O–H groups in total. The van der Waals surface area contributed by atoms with E-state index in [1.165, 1.54) is 0 Å². The number of rotatable bonds is 3. The van der Waals surface area contributed by atoms with Crippen molar-refractivity contribution >= 4 is 11.8 Å². The number of halogens is 3. The molecule has 2 aliphatic heterocycles. The molecule has 0 aliphatic carbocycles. The zero-order valence-corrected chi connectivity index (χ0v) is 14.1. The minimum Gasteiger partial charge on any atom is -0.390 e. The van der Waals surface area contributed by atoms with Gasteiger partial charge in [0.2, 0.25) is 5.95 Å². The van der Waals surface area contributed by atoms with Crippen molar-refractivity contribution in [3.63, 3.8) is 0 Å². The lowest BCUT2D eigenvalue weighted by Gasteiger charge is -2.30. The zero-order valence-electron chi connectivity index (χ0n) is 14.1. The van der Waals surface area contributed by atoms with Gasteiger partial charge < -0.3 is 14.9 Å². The van der Waals surface area contributed by atoms with Crippen LogP contribution < -0.4 is 9.80 Å². The van der Waals surface area contributed by atoms with E-state index in [2.05, 4.69) is 15.1 Å². The number of nitrogens with zero attached hydrogens (tertiary/aromatic N) is 6. The van der Waals surface area contributed by atoms with Crippen LogP contribution in [0.15, 0.2) is 12.1 Å². The molecule has 4 rings (SSSR count). The largest absolute Gasteiger partial charge is 0.433 e. The van der Waals surface area contributed by atoms with E-state index >= 15 is 0 Å². The first-order valence-corrected chi connectivity index (χ1v) is 8.56. The second-order valence-corrected chi connectivity index (χ2v) is 6.53. The van der Waals surface area contributed by atoms with Crippen LogP contribution >= 0.6 is 0 Å². The third-order valence-corrected chi connectivity index (χ3v) is 4.71. The summed E-state index contributed by atoms with van der Waals surface area (Å²) in [6.07, 6.45) is -2.66. The van der Waals surface area contributed by atoms with Crippen LogP contribution in [0, 0.1) is 0 Å². The second-order valence-electron chi connectivity index (χ2n) is 6.53. The monoisotopic (exact) mass is 368 g/mol. The number of aliphatic hydroxyl groups excluding tert-OH is 1. The van der Waals surface area contributed by atoms with Crippen LogP contribution in [0.3, 0.4) is 0 Å². The highest BCUT2D eigenvalue weighted by molar-refractivity contribution is 5.48. The van der Waals surface area contributed by atoms with Gasteiger partial charge >= 0.3 is 6.18 Å². The number of anilines is 2. The van der Waals surface area contributed by atoms with Gasteiger partial charge in [0.05, 0.1) is 31.1 Å². The van der Waals surface area contributed by atoms with Crippen LogP contribution in [-0.4, -0.2) is 44.5 Å². The maximum Gasteiger partial charge on any atom is 0.433 e. The Morgan fingerprint density at radius 2 is 1.77 bits per heavy atom. The fraction of sp³-hybridized carbons (Fsp3) is 0.562. The van der Waals surface area contributed by atoms with E-state index in [9.17, 15) is 18.3 Å². The average Bonchev–Trinajstić information content (AvgIpc) is 3.29. The third kappa shape index (κ3) is 3.20. The van der Waals surface area contributed by atoms with Crippen molar-refractivity contribution in [3.8, 4) is 0 Å². The topological polar surface area (TPSA) is 70.3 Å². The van der Waals surface area contributed by atoms with Crippen molar-refractivity contribution in [1.29, 1.82) is 0 Å². The Hall–Kier alpha value is -2.36. The van der Waals surface area contributed by atoms with Crippen LogP contribution in [0.4, 0.5) is 24.9 Å². The number of aliphatic hydroxyl groups is 1. The molecular formula is C16H19F3N6O. The lowest BCUT2D eigenvalue weighted by molar-refractivity contribution is -0.141. The maximum absolute atomic E-state index is 13.3. The molecule has 7 nitrogen and oxygen atoms in total. The van der Waals surface area contributed by atoms with Gasteiger partial charge in [-0.3, -0.25) is 4.68 Å². The molecule has 140 valence electrons. The average molecular weight is 368 g/mol. The van der Waals surface area contributed by atoms with E-state index in [4.69, 9.17) is 0 Å². The van der Waals surface area contributed by atoms with Gasteiger partial charge in [0.25, 0.3) is 0 Å². The van der Waals surface area contributed by atoms with E-state index in [1.54, 1.807) is 20.5 Å². The smallest absolute Gasteiger partial charge is 0.390 e. The maximum atomic E-state index is 13.3. The molecule has 2 aromatic rings. The zero-order chi connectivity index (χ0) is 18.3. The Morgan fingerprint density at radius 3 is 2.46 bits per heavy atom. The summed E-state index contributed by atoms with van der Waals surface area (Å²) in [5, 5.41) is 13.5. The van der Waals surface area contributed by atoms with Gasteiger partial charge in [0.1, 0.15) is 5.82 Å². The molecule has 10 heteroatoms. The lowest BCUT2D eigenvalue weighted by Crippen LogP contribution is -2.35. The molecule has 26 heavy (non-hydrogen) atoms. The predicted molar refractivity (Wildman–Crippen MR) is 87.7 cm³/mol. The Bertz CT molecular complexity index is 800. The van der Waals surface area contributed by atoms with Gasteiger partial charge in [-0.1, -0.05) is 0 Å². The molecular weight excluding hydrogens is 349 g/mol. The van der Waals surface area contributed by atoms with Crippen molar-refractivity contribution in [2.75, 3.05) is 29.4 Å². The molecule has 1 saturated heterocycles. The van der Waals surface area contributed by atoms with E-state index in [-0.39, 0.29) is 18.4 Å². The van der Waals surface area contributed by atoms with Crippen molar-refractivity contribution < 1.29 is 18.3 Å². The highest BCUT2D eigenvalue weighted by Gasteiger charge is 2.35. The van der Waals surface area contributed by atoms with Crippen LogP contribution in [0.25, 0.3) is 0 Å². The summed E-state index contributed by atoms with van der Waals surface area (Å²) in [7, 11) is 0. The third-order valence-electron chi connectivity index (χ3n) is 4.71. The summed E-state index contributed by atoms with van der Waals surface area (Å²) in [4.78, 5) is 11.8. The van der Waals surface area contributed by atoms with Crippen LogP contribution in [0.2, 0.25) is 0 Å². The summed E-state index contributed by atoms with van der Waals surface area (Å²) in [6, 6.07) is 2.78. The predicted octanol–water partition coefficient (Wildman–Crippen LogP) is 1.80. The number of aromatic nitrogens is 4. The van der Waals surface area contributed by atoms with Gasteiger partial charge in [0.15, 0.2) is 5.69 Å². The minimum atomic E-state index is -4.52.